The van der Waals surface area contributed by atoms with Gasteiger partial charge in [0.05, 0.1) is 5.92 Å². The largest absolute Gasteiger partial charge is 0.279 e. The fourth-order valence-electron chi connectivity index (χ4n) is 3.50. The Kier molecular flexibility index (Phi) is 3.86. The Balaban J connectivity index is 1.70. The van der Waals surface area contributed by atoms with Crippen LogP contribution in [0.5, 0.6) is 0 Å². The van der Waals surface area contributed by atoms with Gasteiger partial charge in [-0.3, -0.25) is 14.5 Å². The molecule has 0 N–H and O–H groups in total. The lowest BCUT2D eigenvalue weighted by Crippen LogP contribution is -2.41. The van der Waals surface area contributed by atoms with E-state index in [1.807, 2.05) is 30.3 Å². The van der Waals surface area contributed by atoms with E-state index in [2.05, 4.69) is 0 Å². The second-order valence-electron chi connectivity index (χ2n) is 5.98. The molecule has 0 aromatic heterocycles. The van der Waals surface area contributed by atoms with Crippen molar-refractivity contribution in [1.29, 1.82) is 0 Å². The summed E-state index contributed by atoms with van der Waals surface area (Å²) in [5.41, 5.74) is 1.14. The standard InChI is InChI=1S/C17H21NO2/c19-16-12-14(11-13-7-3-1-4-8-13)17(20)18(16)15-9-5-2-6-10-15/h1,3-4,7-8,14-15H,2,5-6,9-12H2/t14-/m1/s1. The normalized spacial score (nSPS) is 24.4. The first kappa shape index (κ1) is 13.3. The van der Waals surface area contributed by atoms with Crippen LogP contribution in [0.25, 0.3) is 0 Å². The molecule has 3 nitrogen and oxygen atoms in total. The zero-order chi connectivity index (χ0) is 13.9. The molecule has 1 aromatic rings. The predicted octanol–water partition coefficient (Wildman–Crippen LogP) is 2.94. The number of nitrogens with zero attached hydrogens (tertiary/aromatic N) is 1. The number of rotatable bonds is 3. The van der Waals surface area contributed by atoms with Gasteiger partial charge in [0.1, 0.15) is 0 Å². The van der Waals surface area contributed by atoms with Gasteiger partial charge in [-0.1, -0.05) is 49.6 Å². The summed E-state index contributed by atoms with van der Waals surface area (Å²) in [6.07, 6.45) is 6.60. The maximum absolute atomic E-state index is 12.5. The highest BCUT2D eigenvalue weighted by molar-refractivity contribution is 6.04. The molecule has 1 aromatic carbocycles. The molecule has 0 unspecified atom stereocenters. The fourth-order valence-corrected chi connectivity index (χ4v) is 3.50. The van der Waals surface area contributed by atoms with Gasteiger partial charge in [-0.05, 0) is 24.8 Å². The van der Waals surface area contributed by atoms with Crippen LogP contribution in [0, 0.1) is 5.92 Å². The summed E-state index contributed by atoms with van der Waals surface area (Å²) in [7, 11) is 0. The fraction of sp³-hybridized carbons (Fsp3) is 0.529. The van der Waals surface area contributed by atoms with E-state index >= 15 is 0 Å². The summed E-state index contributed by atoms with van der Waals surface area (Å²) in [6.45, 7) is 0. The number of amides is 2. The third-order valence-corrected chi connectivity index (χ3v) is 4.54. The molecule has 0 spiro atoms. The van der Waals surface area contributed by atoms with Crippen molar-refractivity contribution >= 4 is 11.8 Å². The van der Waals surface area contributed by atoms with Crippen molar-refractivity contribution in [2.45, 2.75) is 51.0 Å². The molecule has 1 saturated carbocycles. The number of carbonyl (C=O) groups excluding carboxylic acids is 2. The predicted molar refractivity (Wildman–Crippen MR) is 77.0 cm³/mol. The maximum atomic E-state index is 12.5. The van der Waals surface area contributed by atoms with E-state index in [1.165, 1.54) is 6.42 Å². The van der Waals surface area contributed by atoms with Crippen LogP contribution in [0.15, 0.2) is 30.3 Å². The molecule has 106 valence electrons. The van der Waals surface area contributed by atoms with Gasteiger partial charge in [-0.2, -0.15) is 0 Å². The topological polar surface area (TPSA) is 37.4 Å². The van der Waals surface area contributed by atoms with Crippen LogP contribution in [-0.4, -0.2) is 22.8 Å². The molecule has 1 atom stereocenters. The molecule has 1 aliphatic heterocycles. The summed E-state index contributed by atoms with van der Waals surface area (Å²) >= 11 is 0. The summed E-state index contributed by atoms with van der Waals surface area (Å²) in [5.74, 6) is -0.0413. The van der Waals surface area contributed by atoms with Crippen molar-refractivity contribution < 1.29 is 9.59 Å². The monoisotopic (exact) mass is 271 g/mol. The number of likely N-dealkylation sites (tertiary alicyclic amines) is 1. The van der Waals surface area contributed by atoms with E-state index in [9.17, 15) is 9.59 Å². The zero-order valence-electron chi connectivity index (χ0n) is 11.8. The van der Waals surface area contributed by atoms with Gasteiger partial charge in [0, 0.05) is 12.5 Å². The van der Waals surface area contributed by atoms with E-state index < -0.39 is 0 Å². The minimum Gasteiger partial charge on any atom is -0.279 e. The lowest BCUT2D eigenvalue weighted by Gasteiger charge is -2.29. The highest BCUT2D eigenvalue weighted by Gasteiger charge is 2.42. The van der Waals surface area contributed by atoms with Crippen LogP contribution in [0.2, 0.25) is 0 Å². The first-order chi connectivity index (χ1) is 9.75. The van der Waals surface area contributed by atoms with Crippen molar-refractivity contribution in [3.8, 4) is 0 Å². The van der Waals surface area contributed by atoms with Crippen LogP contribution in [0.1, 0.15) is 44.1 Å². The van der Waals surface area contributed by atoms with Crippen LogP contribution in [-0.2, 0) is 16.0 Å². The Bertz CT molecular complexity index is 491. The summed E-state index contributed by atoms with van der Waals surface area (Å²) in [6, 6.07) is 10.2. The molecule has 2 fully saturated rings. The van der Waals surface area contributed by atoms with Crippen LogP contribution >= 0.6 is 0 Å². The van der Waals surface area contributed by atoms with Gasteiger partial charge in [0.25, 0.3) is 0 Å². The summed E-state index contributed by atoms with van der Waals surface area (Å²) in [4.78, 5) is 26.3. The Morgan fingerprint density at radius 1 is 1.00 bits per heavy atom. The smallest absolute Gasteiger partial charge is 0.233 e. The second-order valence-corrected chi connectivity index (χ2v) is 5.98. The van der Waals surface area contributed by atoms with Crippen molar-refractivity contribution in [3.63, 3.8) is 0 Å². The first-order valence-corrected chi connectivity index (χ1v) is 7.65. The van der Waals surface area contributed by atoms with Crippen molar-refractivity contribution in [3.05, 3.63) is 35.9 Å². The quantitative estimate of drug-likeness (QED) is 0.793. The van der Waals surface area contributed by atoms with Gasteiger partial charge >= 0.3 is 0 Å². The number of hydrogen-bond acceptors (Lipinski definition) is 2. The summed E-state index contributed by atoms with van der Waals surface area (Å²) in [5, 5.41) is 0. The van der Waals surface area contributed by atoms with Crippen LogP contribution in [0.4, 0.5) is 0 Å². The third-order valence-electron chi connectivity index (χ3n) is 4.54. The zero-order valence-corrected chi connectivity index (χ0v) is 11.8. The highest BCUT2D eigenvalue weighted by atomic mass is 16.2. The highest BCUT2D eigenvalue weighted by Crippen LogP contribution is 2.31. The Labute approximate surface area is 120 Å². The van der Waals surface area contributed by atoms with Gasteiger partial charge in [-0.15, -0.1) is 0 Å². The van der Waals surface area contributed by atoms with Gasteiger partial charge in [0.15, 0.2) is 0 Å². The van der Waals surface area contributed by atoms with E-state index in [4.69, 9.17) is 0 Å². The average Bonchev–Trinajstić information content (AvgIpc) is 2.75. The number of carbonyl (C=O) groups is 2. The molecule has 2 aliphatic rings. The molecule has 0 bridgehead atoms. The lowest BCUT2D eigenvalue weighted by molar-refractivity contribution is -0.142. The average molecular weight is 271 g/mol. The van der Waals surface area contributed by atoms with Gasteiger partial charge in [-0.25, -0.2) is 0 Å². The van der Waals surface area contributed by atoms with Crippen molar-refractivity contribution in [2.75, 3.05) is 0 Å². The molecule has 0 radical (unpaired) electrons. The number of imide groups is 1. The van der Waals surface area contributed by atoms with E-state index in [1.54, 1.807) is 4.90 Å². The maximum Gasteiger partial charge on any atom is 0.233 e. The molecule has 1 aliphatic carbocycles. The third kappa shape index (κ3) is 2.62. The molecule has 2 amide bonds. The molecule has 3 rings (SSSR count). The SMILES string of the molecule is O=C1C[C@@H](Cc2ccccc2)C(=O)N1C1CCCCC1. The van der Waals surface area contributed by atoms with E-state index in [-0.39, 0.29) is 23.8 Å². The first-order valence-electron chi connectivity index (χ1n) is 7.65. The van der Waals surface area contributed by atoms with E-state index in [0.29, 0.717) is 12.8 Å². The Morgan fingerprint density at radius 2 is 1.70 bits per heavy atom. The second kappa shape index (κ2) is 5.78. The molecule has 1 heterocycles. The molecular formula is C17H21NO2. The Hall–Kier alpha value is -1.64. The number of hydrogen-bond donors (Lipinski definition) is 0. The minimum absolute atomic E-state index is 0.0443. The summed E-state index contributed by atoms with van der Waals surface area (Å²) < 4.78 is 0. The molecule has 1 saturated heterocycles. The van der Waals surface area contributed by atoms with Crippen LogP contribution in [0.3, 0.4) is 0 Å². The van der Waals surface area contributed by atoms with Gasteiger partial charge in [0.2, 0.25) is 11.8 Å². The van der Waals surface area contributed by atoms with E-state index in [0.717, 1.165) is 31.2 Å². The molecule has 3 heteroatoms. The molecule has 20 heavy (non-hydrogen) atoms. The van der Waals surface area contributed by atoms with Gasteiger partial charge < -0.3 is 0 Å². The Morgan fingerprint density at radius 3 is 2.40 bits per heavy atom. The lowest BCUT2D eigenvalue weighted by atomic mass is 9.94. The number of benzene rings is 1. The minimum atomic E-state index is -0.146. The van der Waals surface area contributed by atoms with Crippen molar-refractivity contribution in [1.82, 2.24) is 4.90 Å². The molecular weight excluding hydrogens is 250 g/mol. The van der Waals surface area contributed by atoms with Crippen LogP contribution < -0.4 is 0 Å². The van der Waals surface area contributed by atoms with Crippen molar-refractivity contribution in [2.24, 2.45) is 5.92 Å².